The van der Waals surface area contributed by atoms with E-state index in [2.05, 4.69) is 20.5 Å². The molecule has 1 N–H and O–H groups in total. The normalized spacial score (nSPS) is 10.8. The van der Waals surface area contributed by atoms with Gasteiger partial charge in [-0.2, -0.15) is 0 Å². The molecule has 0 saturated carbocycles. The summed E-state index contributed by atoms with van der Waals surface area (Å²) < 4.78 is 1.78. The van der Waals surface area contributed by atoms with Gasteiger partial charge in [-0.05, 0) is 36.4 Å². The maximum atomic E-state index is 12.4. The van der Waals surface area contributed by atoms with E-state index in [9.17, 15) is 4.79 Å². The highest BCUT2D eigenvalue weighted by atomic mass is 35.5. The Morgan fingerprint density at radius 2 is 1.85 bits per heavy atom. The minimum Gasteiger partial charge on any atom is -0.321 e. The second kappa shape index (κ2) is 6.74. The van der Waals surface area contributed by atoms with Crippen LogP contribution < -0.4 is 5.32 Å². The Morgan fingerprint density at radius 3 is 2.62 bits per heavy atom. The third-order valence-electron chi connectivity index (χ3n) is 3.77. The highest BCUT2D eigenvalue weighted by Gasteiger charge is 2.12. The average Bonchev–Trinajstić information content (AvgIpc) is 3.08. The molecule has 8 heteroatoms. The van der Waals surface area contributed by atoms with Gasteiger partial charge < -0.3 is 5.32 Å². The fraction of sp³-hybridized carbons (Fsp3) is 0. The number of hydrogen-bond acceptors (Lipinski definition) is 4. The number of anilines is 1. The van der Waals surface area contributed by atoms with Crippen molar-refractivity contribution in [2.45, 2.75) is 0 Å². The molecule has 0 fully saturated rings. The Labute approximate surface area is 158 Å². The molecule has 4 aromatic rings. The number of nitrogens with one attached hydrogen (secondary N) is 1. The van der Waals surface area contributed by atoms with Gasteiger partial charge in [0, 0.05) is 28.5 Å². The van der Waals surface area contributed by atoms with E-state index >= 15 is 0 Å². The lowest BCUT2D eigenvalue weighted by molar-refractivity contribution is 0.102. The third-order valence-corrected chi connectivity index (χ3v) is 4.32. The molecule has 4 rings (SSSR count). The SMILES string of the molecule is O=C(Nc1ccc(Cl)cc1Cl)c1ccc(-c2nnc3ncccn23)cc1. The summed E-state index contributed by atoms with van der Waals surface area (Å²) in [6.07, 6.45) is 3.49. The number of hydrogen-bond donors (Lipinski definition) is 1. The summed E-state index contributed by atoms with van der Waals surface area (Å²) in [7, 11) is 0. The van der Waals surface area contributed by atoms with Crippen LogP contribution in [0.25, 0.3) is 17.2 Å². The molecule has 0 radical (unpaired) electrons. The molecule has 128 valence electrons. The van der Waals surface area contributed by atoms with Gasteiger partial charge in [0.05, 0.1) is 10.7 Å². The molecular formula is C18H11Cl2N5O. The minimum absolute atomic E-state index is 0.270. The molecule has 0 atom stereocenters. The van der Waals surface area contributed by atoms with Crippen LogP contribution in [-0.4, -0.2) is 25.5 Å². The van der Waals surface area contributed by atoms with Crippen molar-refractivity contribution < 1.29 is 4.79 Å². The van der Waals surface area contributed by atoms with Gasteiger partial charge in [-0.1, -0.05) is 35.3 Å². The number of nitrogens with zero attached hydrogens (tertiary/aromatic N) is 4. The smallest absolute Gasteiger partial charge is 0.255 e. The van der Waals surface area contributed by atoms with Gasteiger partial charge in [0.1, 0.15) is 0 Å². The van der Waals surface area contributed by atoms with Crippen LogP contribution in [0.15, 0.2) is 60.9 Å². The standard InChI is InChI=1S/C18H11Cl2N5O/c19-13-6-7-15(14(20)10-13)22-17(26)12-4-2-11(3-5-12)16-23-24-18-21-8-1-9-25(16)18/h1-10H,(H,22,26). The Morgan fingerprint density at radius 1 is 1.04 bits per heavy atom. The maximum Gasteiger partial charge on any atom is 0.255 e. The molecule has 0 aliphatic carbocycles. The zero-order valence-corrected chi connectivity index (χ0v) is 14.7. The first-order valence-corrected chi connectivity index (χ1v) is 8.40. The quantitative estimate of drug-likeness (QED) is 0.570. The van der Waals surface area contributed by atoms with Gasteiger partial charge in [-0.25, -0.2) is 4.98 Å². The van der Waals surface area contributed by atoms with Crippen LogP contribution in [0, 0.1) is 0 Å². The Kier molecular flexibility index (Phi) is 4.28. The summed E-state index contributed by atoms with van der Waals surface area (Å²) in [6.45, 7) is 0. The van der Waals surface area contributed by atoms with Gasteiger partial charge in [-0.15, -0.1) is 10.2 Å². The Hall–Kier alpha value is -2.96. The molecule has 2 heterocycles. The van der Waals surface area contributed by atoms with Gasteiger partial charge in [0.2, 0.25) is 0 Å². The van der Waals surface area contributed by atoms with Gasteiger partial charge >= 0.3 is 0 Å². The number of carbonyl (C=O) groups is 1. The average molecular weight is 384 g/mol. The van der Waals surface area contributed by atoms with Crippen LogP contribution in [0.4, 0.5) is 5.69 Å². The van der Waals surface area contributed by atoms with Crippen molar-refractivity contribution in [2.24, 2.45) is 0 Å². The summed E-state index contributed by atoms with van der Waals surface area (Å²) in [5, 5.41) is 11.8. The van der Waals surface area contributed by atoms with Crippen LogP contribution in [0.5, 0.6) is 0 Å². The highest BCUT2D eigenvalue weighted by molar-refractivity contribution is 6.36. The van der Waals surface area contributed by atoms with E-state index in [0.29, 0.717) is 32.9 Å². The van der Waals surface area contributed by atoms with Gasteiger partial charge in [-0.3, -0.25) is 9.20 Å². The number of halogens is 2. The topological polar surface area (TPSA) is 72.2 Å². The highest BCUT2D eigenvalue weighted by Crippen LogP contribution is 2.26. The van der Waals surface area contributed by atoms with Gasteiger partial charge in [0.25, 0.3) is 11.7 Å². The van der Waals surface area contributed by atoms with Crippen LogP contribution >= 0.6 is 23.2 Å². The summed E-state index contributed by atoms with van der Waals surface area (Å²) in [6, 6.07) is 13.7. The molecule has 26 heavy (non-hydrogen) atoms. The lowest BCUT2D eigenvalue weighted by atomic mass is 10.1. The zero-order valence-electron chi connectivity index (χ0n) is 13.2. The van der Waals surface area contributed by atoms with Crippen molar-refractivity contribution >= 4 is 40.6 Å². The first kappa shape index (κ1) is 16.5. The summed E-state index contributed by atoms with van der Waals surface area (Å²) in [4.78, 5) is 16.6. The van der Waals surface area contributed by atoms with E-state index < -0.39 is 0 Å². The van der Waals surface area contributed by atoms with Crippen LogP contribution in [0.3, 0.4) is 0 Å². The van der Waals surface area contributed by atoms with Crippen LogP contribution in [-0.2, 0) is 0 Å². The van der Waals surface area contributed by atoms with E-state index in [1.807, 2.05) is 18.3 Å². The van der Waals surface area contributed by atoms with E-state index in [4.69, 9.17) is 23.2 Å². The lowest BCUT2D eigenvalue weighted by Crippen LogP contribution is -2.12. The minimum atomic E-state index is -0.270. The Balaban J connectivity index is 1.58. The molecule has 0 aliphatic rings. The lowest BCUT2D eigenvalue weighted by Gasteiger charge is -2.08. The molecule has 2 aromatic carbocycles. The van der Waals surface area contributed by atoms with Crippen molar-refractivity contribution in [3.05, 3.63) is 76.5 Å². The monoisotopic (exact) mass is 383 g/mol. The number of benzene rings is 2. The zero-order chi connectivity index (χ0) is 18.1. The first-order chi connectivity index (χ1) is 12.6. The van der Waals surface area contributed by atoms with Crippen LogP contribution in [0.2, 0.25) is 10.0 Å². The second-order valence-corrected chi connectivity index (χ2v) is 6.31. The van der Waals surface area contributed by atoms with Crippen LogP contribution in [0.1, 0.15) is 10.4 Å². The number of rotatable bonds is 3. The third kappa shape index (κ3) is 3.12. The van der Waals surface area contributed by atoms with E-state index in [-0.39, 0.29) is 5.91 Å². The molecule has 2 aromatic heterocycles. The van der Waals surface area contributed by atoms with Crippen molar-refractivity contribution in [3.8, 4) is 11.4 Å². The molecule has 0 bridgehead atoms. The predicted octanol–water partition coefficient (Wildman–Crippen LogP) is 4.35. The second-order valence-electron chi connectivity index (χ2n) is 5.47. The number of amides is 1. The summed E-state index contributed by atoms with van der Waals surface area (Å²) >= 11 is 11.9. The molecular weight excluding hydrogens is 373 g/mol. The van der Waals surface area contributed by atoms with Crippen molar-refractivity contribution in [3.63, 3.8) is 0 Å². The van der Waals surface area contributed by atoms with E-state index in [1.54, 1.807) is 47.0 Å². The number of carbonyl (C=O) groups excluding carboxylic acids is 1. The first-order valence-electron chi connectivity index (χ1n) is 7.64. The molecule has 0 saturated heterocycles. The summed E-state index contributed by atoms with van der Waals surface area (Å²) in [5.74, 6) is 0.899. The molecule has 0 spiro atoms. The van der Waals surface area contributed by atoms with Crippen molar-refractivity contribution in [1.82, 2.24) is 19.6 Å². The maximum absolute atomic E-state index is 12.4. The van der Waals surface area contributed by atoms with Crippen molar-refractivity contribution in [1.29, 1.82) is 0 Å². The van der Waals surface area contributed by atoms with Crippen molar-refractivity contribution in [2.75, 3.05) is 5.32 Å². The van der Waals surface area contributed by atoms with E-state index in [1.165, 1.54) is 0 Å². The fourth-order valence-electron chi connectivity index (χ4n) is 2.50. The molecule has 6 nitrogen and oxygen atoms in total. The number of aromatic nitrogens is 4. The van der Waals surface area contributed by atoms with E-state index in [0.717, 1.165) is 5.56 Å². The largest absolute Gasteiger partial charge is 0.321 e. The van der Waals surface area contributed by atoms with Gasteiger partial charge in [0.15, 0.2) is 5.82 Å². The molecule has 0 aliphatic heterocycles. The Bertz CT molecular complexity index is 1110. The molecule has 0 unspecified atom stereocenters. The number of fused-ring (bicyclic) bond motifs is 1. The summed E-state index contributed by atoms with van der Waals surface area (Å²) in [5.41, 5.74) is 1.82. The predicted molar refractivity (Wildman–Crippen MR) is 101 cm³/mol. The molecule has 1 amide bonds. The fourth-order valence-corrected chi connectivity index (χ4v) is 2.95.